The summed E-state index contributed by atoms with van der Waals surface area (Å²) in [7, 11) is 0. The van der Waals surface area contributed by atoms with Gasteiger partial charge in [0.05, 0.1) is 0 Å². The summed E-state index contributed by atoms with van der Waals surface area (Å²) in [4.78, 5) is 9.64. The molecule has 2 aromatic rings. The lowest BCUT2D eigenvalue weighted by Gasteiger charge is -2.08. The summed E-state index contributed by atoms with van der Waals surface area (Å²) in [5.41, 5.74) is 8.13. The summed E-state index contributed by atoms with van der Waals surface area (Å²) in [6, 6.07) is 7.53. The molecular weight excluding hydrogens is 324 g/mol. The number of nitrogens with zero attached hydrogens (tertiary/aromatic N) is 2. The average Bonchev–Trinajstić information content (AvgIpc) is 2.26. The monoisotopic (exact) mass is 336 g/mol. The molecule has 2 rings (SSSR count). The number of benzene rings is 1. The molecule has 0 unspecified atom stereocenters. The number of nitrogens with one attached hydrogen (secondary N) is 1. The standard InChI is InChI=1S/C13H13BrN4S/c1-7-5-8(2)18-13(17-7)19-11-6-9(14)3-4-10(11)12(15)16/h3-6H,1-2H3,(H3,15,16). The van der Waals surface area contributed by atoms with Crippen molar-refractivity contribution in [1.82, 2.24) is 9.97 Å². The van der Waals surface area contributed by atoms with Gasteiger partial charge in [-0.1, -0.05) is 15.9 Å². The van der Waals surface area contributed by atoms with Crippen LogP contribution in [0, 0.1) is 19.3 Å². The van der Waals surface area contributed by atoms with Crippen molar-refractivity contribution >= 4 is 33.5 Å². The molecule has 1 aromatic carbocycles. The van der Waals surface area contributed by atoms with E-state index in [4.69, 9.17) is 11.1 Å². The van der Waals surface area contributed by atoms with Crippen LogP contribution in [-0.2, 0) is 0 Å². The molecule has 3 N–H and O–H groups in total. The van der Waals surface area contributed by atoms with E-state index in [2.05, 4.69) is 25.9 Å². The highest BCUT2D eigenvalue weighted by Gasteiger charge is 2.10. The van der Waals surface area contributed by atoms with Crippen molar-refractivity contribution in [1.29, 1.82) is 5.41 Å². The van der Waals surface area contributed by atoms with Gasteiger partial charge < -0.3 is 5.73 Å². The molecule has 0 aliphatic rings. The quantitative estimate of drug-likeness (QED) is 0.512. The van der Waals surface area contributed by atoms with Gasteiger partial charge in [0.1, 0.15) is 5.84 Å². The van der Waals surface area contributed by atoms with Crippen LogP contribution in [0.1, 0.15) is 17.0 Å². The van der Waals surface area contributed by atoms with Gasteiger partial charge in [0.15, 0.2) is 5.16 Å². The van der Waals surface area contributed by atoms with Gasteiger partial charge in [-0.15, -0.1) is 0 Å². The van der Waals surface area contributed by atoms with E-state index in [0.717, 1.165) is 20.8 Å². The Labute approximate surface area is 124 Å². The highest BCUT2D eigenvalue weighted by Crippen LogP contribution is 2.30. The highest BCUT2D eigenvalue weighted by atomic mass is 79.9. The molecule has 0 atom stereocenters. The average molecular weight is 337 g/mol. The Morgan fingerprint density at radius 3 is 2.42 bits per heavy atom. The zero-order valence-corrected chi connectivity index (χ0v) is 13.0. The minimum Gasteiger partial charge on any atom is -0.384 e. The van der Waals surface area contributed by atoms with E-state index in [1.165, 1.54) is 11.8 Å². The van der Waals surface area contributed by atoms with Crippen molar-refractivity contribution in [2.75, 3.05) is 0 Å². The molecule has 1 heterocycles. The van der Waals surface area contributed by atoms with Crippen molar-refractivity contribution in [3.63, 3.8) is 0 Å². The second-order valence-corrected chi connectivity index (χ2v) is 6.01. The second-order valence-electron chi connectivity index (χ2n) is 4.09. The molecule has 0 fully saturated rings. The second kappa shape index (κ2) is 5.71. The maximum atomic E-state index is 7.61. The summed E-state index contributed by atoms with van der Waals surface area (Å²) in [5, 5.41) is 8.27. The third-order valence-corrected chi connectivity index (χ3v) is 3.81. The van der Waals surface area contributed by atoms with Crippen molar-refractivity contribution in [3.8, 4) is 0 Å². The van der Waals surface area contributed by atoms with Crippen LogP contribution in [0.25, 0.3) is 0 Å². The van der Waals surface area contributed by atoms with Crippen molar-refractivity contribution in [2.45, 2.75) is 23.9 Å². The Hall–Kier alpha value is -1.40. The Bertz CT molecular complexity index is 622. The number of rotatable bonds is 3. The van der Waals surface area contributed by atoms with Gasteiger partial charge in [-0.2, -0.15) is 0 Å². The first-order valence-electron chi connectivity index (χ1n) is 5.60. The van der Waals surface area contributed by atoms with Crippen LogP contribution in [0.5, 0.6) is 0 Å². The third kappa shape index (κ3) is 3.54. The fraction of sp³-hybridized carbons (Fsp3) is 0.154. The lowest BCUT2D eigenvalue weighted by molar-refractivity contribution is 0.902. The van der Waals surface area contributed by atoms with Crippen LogP contribution in [0.2, 0.25) is 0 Å². The van der Waals surface area contributed by atoms with Gasteiger partial charge in [0.25, 0.3) is 0 Å². The maximum absolute atomic E-state index is 7.61. The van der Waals surface area contributed by atoms with Crippen LogP contribution in [0.15, 0.2) is 38.8 Å². The zero-order chi connectivity index (χ0) is 14.0. The van der Waals surface area contributed by atoms with E-state index < -0.39 is 0 Å². The SMILES string of the molecule is Cc1cc(C)nc(Sc2cc(Br)ccc2C(=N)N)n1. The molecule has 0 saturated heterocycles. The lowest BCUT2D eigenvalue weighted by Crippen LogP contribution is -2.12. The first-order valence-corrected chi connectivity index (χ1v) is 7.21. The predicted octanol–water partition coefficient (Wildman–Crippen LogP) is 3.29. The molecule has 0 aliphatic heterocycles. The maximum Gasteiger partial charge on any atom is 0.192 e. The Morgan fingerprint density at radius 1 is 1.21 bits per heavy atom. The van der Waals surface area contributed by atoms with Crippen molar-refractivity contribution in [3.05, 3.63) is 45.7 Å². The number of nitrogen functional groups attached to an aromatic ring is 1. The number of halogens is 1. The van der Waals surface area contributed by atoms with E-state index >= 15 is 0 Å². The molecule has 98 valence electrons. The van der Waals surface area contributed by atoms with E-state index in [1.54, 1.807) is 0 Å². The van der Waals surface area contributed by atoms with Crippen LogP contribution in [0.3, 0.4) is 0 Å². The first-order chi connectivity index (χ1) is 8.95. The molecule has 0 spiro atoms. The summed E-state index contributed by atoms with van der Waals surface area (Å²) in [6.45, 7) is 3.87. The van der Waals surface area contributed by atoms with E-state index in [0.29, 0.717) is 10.7 Å². The van der Waals surface area contributed by atoms with E-state index in [-0.39, 0.29) is 5.84 Å². The van der Waals surface area contributed by atoms with Crippen LogP contribution in [-0.4, -0.2) is 15.8 Å². The molecule has 0 bridgehead atoms. The first kappa shape index (κ1) is 14.0. The van der Waals surface area contributed by atoms with Gasteiger partial charge in [-0.25, -0.2) is 9.97 Å². The van der Waals surface area contributed by atoms with Crippen LogP contribution in [0.4, 0.5) is 0 Å². The van der Waals surface area contributed by atoms with Gasteiger partial charge in [0, 0.05) is 26.3 Å². The predicted molar refractivity (Wildman–Crippen MR) is 80.8 cm³/mol. The van der Waals surface area contributed by atoms with E-state index in [1.807, 2.05) is 38.1 Å². The summed E-state index contributed by atoms with van der Waals surface area (Å²) in [6.07, 6.45) is 0. The van der Waals surface area contributed by atoms with Crippen LogP contribution >= 0.6 is 27.7 Å². The Kier molecular flexibility index (Phi) is 4.21. The number of aromatic nitrogens is 2. The van der Waals surface area contributed by atoms with Crippen molar-refractivity contribution in [2.24, 2.45) is 5.73 Å². The largest absolute Gasteiger partial charge is 0.384 e. The molecule has 0 aliphatic carbocycles. The summed E-state index contributed by atoms with van der Waals surface area (Å²) >= 11 is 4.83. The van der Waals surface area contributed by atoms with Crippen molar-refractivity contribution < 1.29 is 0 Å². The molecule has 4 nitrogen and oxygen atoms in total. The lowest BCUT2D eigenvalue weighted by atomic mass is 10.2. The topological polar surface area (TPSA) is 75.7 Å². The fourth-order valence-corrected chi connectivity index (χ4v) is 3.20. The van der Waals surface area contributed by atoms with Gasteiger partial charge >= 0.3 is 0 Å². The Balaban J connectivity index is 2.42. The summed E-state index contributed by atoms with van der Waals surface area (Å²) in [5.74, 6) is 0.0411. The molecule has 0 saturated carbocycles. The number of hydrogen-bond donors (Lipinski definition) is 2. The van der Waals surface area contributed by atoms with Gasteiger partial charge in [0.2, 0.25) is 0 Å². The number of hydrogen-bond acceptors (Lipinski definition) is 4. The molecule has 0 radical (unpaired) electrons. The minimum atomic E-state index is 0.0411. The fourth-order valence-electron chi connectivity index (χ4n) is 1.64. The van der Waals surface area contributed by atoms with Gasteiger partial charge in [-0.05, 0) is 49.9 Å². The molecule has 1 aromatic heterocycles. The molecule has 6 heteroatoms. The normalized spacial score (nSPS) is 10.5. The molecule has 0 amide bonds. The number of amidine groups is 1. The zero-order valence-electron chi connectivity index (χ0n) is 10.6. The smallest absolute Gasteiger partial charge is 0.192 e. The summed E-state index contributed by atoms with van der Waals surface area (Å²) < 4.78 is 0.935. The van der Waals surface area contributed by atoms with Crippen LogP contribution < -0.4 is 5.73 Å². The minimum absolute atomic E-state index is 0.0411. The molecular formula is C13H13BrN4S. The Morgan fingerprint density at radius 2 is 1.84 bits per heavy atom. The molecule has 19 heavy (non-hydrogen) atoms. The number of aryl methyl sites for hydroxylation is 2. The number of nitrogens with two attached hydrogens (primary N) is 1. The van der Waals surface area contributed by atoms with Gasteiger partial charge in [-0.3, -0.25) is 5.41 Å². The van der Waals surface area contributed by atoms with E-state index in [9.17, 15) is 0 Å². The highest BCUT2D eigenvalue weighted by molar-refractivity contribution is 9.10. The third-order valence-electron chi connectivity index (χ3n) is 2.40.